The molecule has 0 spiro atoms. The first kappa shape index (κ1) is 16.8. The van der Waals surface area contributed by atoms with Crippen LogP contribution in [0.15, 0.2) is 22.7 Å². The number of likely N-dealkylation sites (N-methyl/N-ethyl adjacent to an activating group) is 1. The van der Waals surface area contributed by atoms with Crippen molar-refractivity contribution in [3.8, 4) is 0 Å². The molecule has 118 valence electrons. The van der Waals surface area contributed by atoms with Crippen molar-refractivity contribution in [1.82, 2.24) is 4.90 Å². The molecule has 2 unspecified atom stereocenters. The first-order valence-corrected chi connectivity index (χ1v) is 8.79. The number of halogens is 1. The zero-order valence-electron chi connectivity index (χ0n) is 13.5. The van der Waals surface area contributed by atoms with Crippen molar-refractivity contribution in [2.75, 3.05) is 31.6 Å². The molecule has 21 heavy (non-hydrogen) atoms. The molecule has 1 fully saturated rings. The van der Waals surface area contributed by atoms with Crippen LogP contribution in [-0.4, -0.2) is 43.7 Å². The number of anilines is 1. The van der Waals surface area contributed by atoms with E-state index in [1.807, 2.05) is 0 Å². The Morgan fingerprint density at radius 1 is 1.38 bits per heavy atom. The molecule has 1 aliphatic heterocycles. The number of hydrogen-bond acceptors (Lipinski definition) is 3. The van der Waals surface area contributed by atoms with Crippen LogP contribution in [0, 0.1) is 0 Å². The van der Waals surface area contributed by atoms with E-state index < -0.39 is 0 Å². The molecule has 2 N–H and O–H groups in total. The Labute approximate surface area is 137 Å². The number of nitrogens with two attached hydrogens (primary N) is 1. The summed E-state index contributed by atoms with van der Waals surface area (Å²) in [5.41, 5.74) is 8.55. The van der Waals surface area contributed by atoms with Gasteiger partial charge in [-0.1, -0.05) is 28.9 Å². The van der Waals surface area contributed by atoms with Crippen LogP contribution in [0.3, 0.4) is 0 Å². The van der Waals surface area contributed by atoms with Gasteiger partial charge in [0.05, 0.1) is 0 Å². The van der Waals surface area contributed by atoms with Crippen molar-refractivity contribution < 1.29 is 0 Å². The summed E-state index contributed by atoms with van der Waals surface area (Å²) in [5.74, 6) is 0. The van der Waals surface area contributed by atoms with Gasteiger partial charge in [-0.15, -0.1) is 0 Å². The van der Waals surface area contributed by atoms with Gasteiger partial charge in [0.25, 0.3) is 0 Å². The van der Waals surface area contributed by atoms with Gasteiger partial charge in [0.1, 0.15) is 0 Å². The van der Waals surface area contributed by atoms with E-state index in [9.17, 15) is 0 Å². The van der Waals surface area contributed by atoms with E-state index in [1.165, 1.54) is 35.1 Å². The fourth-order valence-corrected chi connectivity index (χ4v) is 3.69. The lowest BCUT2D eigenvalue weighted by molar-refractivity contribution is 0.328. The molecule has 0 radical (unpaired) electrons. The van der Waals surface area contributed by atoms with Gasteiger partial charge in [-0.2, -0.15) is 0 Å². The summed E-state index contributed by atoms with van der Waals surface area (Å²) in [6.45, 7) is 7.82. The lowest BCUT2D eigenvalue weighted by Gasteiger charge is -2.32. The molecule has 0 amide bonds. The van der Waals surface area contributed by atoms with Crippen molar-refractivity contribution >= 4 is 21.6 Å². The van der Waals surface area contributed by atoms with E-state index in [0.29, 0.717) is 6.04 Å². The molecule has 1 aliphatic rings. The lowest BCUT2D eigenvalue weighted by atomic mass is 10.1. The predicted molar refractivity (Wildman–Crippen MR) is 95.0 cm³/mol. The van der Waals surface area contributed by atoms with Gasteiger partial charge in [-0.25, -0.2) is 0 Å². The van der Waals surface area contributed by atoms with Crippen LogP contribution in [0.25, 0.3) is 0 Å². The molecular weight excluding hydrogens is 326 g/mol. The zero-order valence-corrected chi connectivity index (χ0v) is 15.1. The highest BCUT2D eigenvalue weighted by Gasteiger charge is 2.22. The quantitative estimate of drug-likeness (QED) is 0.901. The highest BCUT2D eigenvalue weighted by molar-refractivity contribution is 9.10. The van der Waals surface area contributed by atoms with Crippen LogP contribution in [0.4, 0.5) is 5.69 Å². The number of nitrogens with zero attached hydrogens (tertiary/aromatic N) is 2. The minimum absolute atomic E-state index is 0.197. The maximum Gasteiger partial charge on any atom is 0.0414 e. The minimum atomic E-state index is 0.197. The van der Waals surface area contributed by atoms with Gasteiger partial charge in [0.15, 0.2) is 0 Å². The minimum Gasteiger partial charge on any atom is -0.367 e. The second-order valence-electron chi connectivity index (χ2n) is 6.33. The highest BCUT2D eigenvalue weighted by Crippen LogP contribution is 2.28. The topological polar surface area (TPSA) is 32.5 Å². The maximum atomic E-state index is 5.92. The molecule has 1 saturated heterocycles. The van der Waals surface area contributed by atoms with Gasteiger partial charge in [-0.05, 0) is 57.5 Å². The summed E-state index contributed by atoms with van der Waals surface area (Å²) < 4.78 is 1.18. The summed E-state index contributed by atoms with van der Waals surface area (Å²) >= 11 is 3.72. The second-order valence-corrected chi connectivity index (χ2v) is 7.18. The Hall–Kier alpha value is -0.580. The monoisotopic (exact) mass is 353 g/mol. The molecule has 2 atom stereocenters. The molecular formula is C17H28BrN3. The van der Waals surface area contributed by atoms with E-state index in [1.54, 1.807) is 0 Å². The summed E-state index contributed by atoms with van der Waals surface area (Å²) in [7, 11) is 2.23. The average molecular weight is 354 g/mol. The normalized spacial score (nSPS) is 22.1. The molecule has 1 aromatic rings. The van der Waals surface area contributed by atoms with Crippen molar-refractivity contribution in [2.45, 2.75) is 45.2 Å². The predicted octanol–water partition coefficient (Wildman–Crippen LogP) is 3.26. The third-order valence-corrected chi connectivity index (χ3v) is 5.02. The van der Waals surface area contributed by atoms with Crippen LogP contribution in [0.5, 0.6) is 0 Å². The summed E-state index contributed by atoms with van der Waals surface area (Å²) in [6.07, 6.45) is 3.33. The fraction of sp³-hybridized carbons (Fsp3) is 0.647. The second kappa shape index (κ2) is 7.61. The Morgan fingerprint density at radius 2 is 2.14 bits per heavy atom. The van der Waals surface area contributed by atoms with E-state index in [2.05, 4.69) is 64.8 Å². The standard InChI is InChI=1S/C17H28BrN3/c1-4-15-12-20(3)8-5-9-21(15)16-7-6-14(10-13(2)19)17(18)11-16/h6-7,11,13,15H,4-5,8-10,12,19H2,1-3H3. The molecule has 0 saturated carbocycles. The van der Waals surface area contributed by atoms with Crippen molar-refractivity contribution in [3.63, 3.8) is 0 Å². The third-order valence-electron chi connectivity index (χ3n) is 4.28. The Bertz CT molecular complexity index is 461. The smallest absolute Gasteiger partial charge is 0.0414 e. The van der Waals surface area contributed by atoms with Crippen LogP contribution in [0.1, 0.15) is 32.3 Å². The van der Waals surface area contributed by atoms with Gasteiger partial charge in [0, 0.05) is 35.3 Å². The molecule has 0 aromatic heterocycles. The Morgan fingerprint density at radius 3 is 2.76 bits per heavy atom. The molecule has 4 heteroatoms. The van der Waals surface area contributed by atoms with Crippen LogP contribution in [0.2, 0.25) is 0 Å². The van der Waals surface area contributed by atoms with Gasteiger partial charge in [-0.3, -0.25) is 0 Å². The van der Waals surface area contributed by atoms with E-state index in [0.717, 1.165) is 19.5 Å². The lowest BCUT2D eigenvalue weighted by Crippen LogP contribution is -2.39. The zero-order chi connectivity index (χ0) is 15.4. The molecule has 1 aromatic carbocycles. The van der Waals surface area contributed by atoms with Crippen molar-refractivity contribution in [1.29, 1.82) is 0 Å². The molecule has 3 nitrogen and oxygen atoms in total. The van der Waals surface area contributed by atoms with E-state index >= 15 is 0 Å². The first-order valence-electron chi connectivity index (χ1n) is 8.00. The third kappa shape index (κ3) is 4.44. The summed E-state index contributed by atoms with van der Waals surface area (Å²) in [6, 6.07) is 7.55. The number of rotatable bonds is 4. The Balaban J connectivity index is 2.21. The fourth-order valence-electron chi connectivity index (χ4n) is 3.16. The van der Waals surface area contributed by atoms with Crippen LogP contribution in [-0.2, 0) is 6.42 Å². The van der Waals surface area contributed by atoms with Crippen molar-refractivity contribution in [3.05, 3.63) is 28.2 Å². The number of hydrogen-bond donors (Lipinski definition) is 1. The summed E-state index contributed by atoms with van der Waals surface area (Å²) in [4.78, 5) is 5.03. The van der Waals surface area contributed by atoms with Gasteiger partial charge < -0.3 is 15.5 Å². The SMILES string of the molecule is CCC1CN(C)CCCN1c1ccc(CC(C)N)c(Br)c1. The molecule has 0 bridgehead atoms. The van der Waals surface area contributed by atoms with Crippen molar-refractivity contribution in [2.24, 2.45) is 5.73 Å². The average Bonchev–Trinajstić information content (AvgIpc) is 2.62. The Kier molecular flexibility index (Phi) is 6.08. The van der Waals surface area contributed by atoms with Crippen LogP contribution >= 0.6 is 15.9 Å². The van der Waals surface area contributed by atoms with Gasteiger partial charge in [0.2, 0.25) is 0 Å². The van der Waals surface area contributed by atoms with E-state index in [4.69, 9.17) is 5.73 Å². The molecule has 0 aliphatic carbocycles. The van der Waals surface area contributed by atoms with Crippen LogP contribution < -0.4 is 10.6 Å². The van der Waals surface area contributed by atoms with Gasteiger partial charge >= 0.3 is 0 Å². The first-order chi connectivity index (χ1) is 10.0. The highest BCUT2D eigenvalue weighted by atomic mass is 79.9. The maximum absolute atomic E-state index is 5.92. The number of benzene rings is 1. The van der Waals surface area contributed by atoms with E-state index in [-0.39, 0.29) is 6.04 Å². The largest absolute Gasteiger partial charge is 0.367 e. The summed E-state index contributed by atoms with van der Waals surface area (Å²) in [5, 5.41) is 0. The molecule has 1 heterocycles. The molecule has 2 rings (SSSR count).